The third-order valence-electron chi connectivity index (χ3n) is 7.90. The highest BCUT2D eigenvalue weighted by molar-refractivity contribution is 8.26. The molecule has 12 heteroatoms. The molecule has 1 amide bonds. The fourth-order valence-electron chi connectivity index (χ4n) is 5.40. The van der Waals surface area contributed by atoms with Gasteiger partial charge in [-0.05, 0) is 59.0 Å². The van der Waals surface area contributed by atoms with E-state index < -0.39 is 5.97 Å². The fourth-order valence-corrected chi connectivity index (χ4v) is 6.70. The number of morpholine rings is 1. The van der Waals surface area contributed by atoms with Crippen LogP contribution in [0.25, 0.3) is 17.2 Å². The zero-order chi connectivity index (χ0) is 33.9. The van der Waals surface area contributed by atoms with Gasteiger partial charge in [0.1, 0.15) is 16.7 Å². The Morgan fingerprint density at radius 3 is 2.35 bits per heavy atom. The van der Waals surface area contributed by atoms with Gasteiger partial charge in [0, 0.05) is 38.9 Å². The third kappa shape index (κ3) is 9.57. The first kappa shape index (κ1) is 35.4. The minimum atomic E-state index is -0.927. The van der Waals surface area contributed by atoms with E-state index in [9.17, 15) is 9.59 Å². The van der Waals surface area contributed by atoms with Crippen molar-refractivity contribution in [3.63, 3.8) is 0 Å². The van der Waals surface area contributed by atoms with Crippen LogP contribution in [-0.4, -0.2) is 97.9 Å². The molecule has 10 nitrogen and oxygen atoms in total. The highest BCUT2D eigenvalue weighted by Crippen LogP contribution is 2.36. The number of rotatable bonds is 16. The molecule has 0 aromatic heterocycles. The van der Waals surface area contributed by atoms with Crippen LogP contribution in [0, 0.1) is 0 Å². The maximum Gasteiger partial charge on any atom is 0.307 e. The number of amides is 1. The molecule has 5 rings (SSSR count). The molecular formula is C36H40N2O8S2. The summed E-state index contributed by atoms with van der Waals surface area (Å²) in [5.74, 6) is 0.564. The van der Waals surface area contributed by atoms with Gasteiger partial charge in [-0.3, -0.25) is 19.4 Å². The van der Waals surface area contributed by atoms with Crippen molar-refractivity contribution >= 4 is 46.3 Å². The smallest absolute Gasteiger partial charge is 0.307 e. The highest BCUT2D eigenvalue weighted by Gasteiger charge is 2.32. The van der Waals surface area contributed by atoms with Crippen molar-refractivity contribution in [1.29, 1.82) is 0 Å². The number of carbonyl (C=O) groups excluding carboxylic acids is 1. The average Bonchev–Trinajstić information content (AvgIpc) is 3.35. The molecule has 48 heavy (non-hydrogen) atoms. The zero-order valence-electron chi connectivity index (χ0n) is 27.1. The molecule has 0 bridgehead atoms. The van der Waals surface area contributed by atoms with Crippen molar-refractivity contribution < 1.29 is 38.4 Å². The fraction of sp³-hybridized carbons (Fsp3) is 0.361. The van der Waals surface area contributed by atoms with E-state index in [1.807, 2.05) is 36.4 Å². The molecule has 2 saturated heterocycles. The Morgan fingerprint density at radius 2 is 1.62 bits per heavy atom. The quantitative estimate of drug-likeness (QED) is 0.117. The molecule has 3 aromatic rings. The van der Waals surface area contributed by atoms with Crippen molar-refractivity contribution in [3.8, 4) is 28.4 Å². The van der Waals surface area contributed by atoms with Crippen molar-refractivity contribution in [1.82, 2.24) is 9.80 Å². The third-order valence-corrected chi connectivity index (χ3v) is 9.28. The summed E-state index contributed by atoms with van der Waals surface area (Å²) in [6.45, 7) is 5.71. The normalized spacial score (nSPS) is 16.0. The molecule has 0 spiro atoms. The van der Waals surface area contributed by atoms with Gasteiger partial charge in [0.2, 0.25) is 0 Å². The van der Waals surface area contributed by atoms with Crippen LogP contribution in [0.2, 0.25) is 0 Å². The number of carboxylic acid groups (broad SMARTS) is 1. The van der Waals surface area contributed by atoms with Gasteiger partial charge < -0.3 is 28.8 Å². The van der Waals surface area contributed by atoms with Crippen LogP contribution < -0.4 is 14.2 Å². The van der Waals surface area contributed by atoms with Crippen LogP contribution in [0.5, 0.6) is 17.2 Å². The van der Waals surface area contributed by atoms with E-state index >= 15 is 0 Å². The number of methoxy groups -OCH3 is 2. The Labute approximate surface area is 290 Å². The average molecular weight is 693 g/mol. The lowest BCUT2D eigenvalue weighted by atomic mass is 10.0. The lowest BCUT2D eigenvalue weighted by Gasteiger charge is -2.26. The van der Waals surface area contributed by atoms with E-state index in [1.54, 1.807) is 30.2 Å². The number of carbonyl (C=O) groups is 2. The molecule has 1 N–H and O–H groups in total. The standard InChI is InChI=1S/C36H40N2O8S2/c1-42-24-25-4-7-27(8-5-25)28-9-11-30(46-19-15-37-13-17-44-18-14-37)29(22-28)23-33-35(41)38(36(47)48-33)12-3-16-45-32-20-26(21-34(39)40)6-10-31(32)43-2/h4-11,20,22-23H,3,12-19,21,24H2,1-2H3,(H,39,40)/b33-23-. The molecule has 2 aliphatic heterocycles. The van der Waals surface area contributed by atoms with Crippen LogP contribution in [-0.2, 0) is 32.1 Å². The first-order chi connectivity index (χ1) is 23.3. The Hall–Kier alpha value is -3.94. The number of hydrogen-bond acceptors (Lipinski definition) is 10. The summed E-state index contributed by atoms with van der Waals surface area (Å²) in [6.07, 6.45) is 2.26. The van der Waals surface area contributed by atoms with E-state index in [0.717, 1.165) is 55.1 Å². The molecule has 0 atom stereocenters. The predicted molar refractivity (Wildman–Crippen MR) is 190 cm³/mol. The molecular weight excluding hydrogens is 653 g/mol. The SMILES string of the molecule is COCc1ccc(-c2ccc(OCCN3CCOCC3)c(/C=C3\SC(=S)N(CCCOc4cc(CC(=O)O)ccc4OC)C3=O)c2)cc1. The first-order valence-corrected chi connectivity index (χ1v) is 17.0. The molecule has 2 heterocycles. The van der Waals surface area contributed by atoms with Gasteiger partial charge in [0.25, 0.3) is 5.91 Å². The molecule has 2 fully saturated rings. The summed E-state index contributed by atoms with van der Waals surface area (Å²) >= 11 is 6.89. The van der Waals surface area contributed by atoms with E-state index in [1.165, 1.54) is 18.9 Å². The monoisotopic (exact) mass is 692 g/mol. The number of aliphatic carboxylic acids is 1. The van der Waals surface area contributed by atoms with Crippen molar-refractivity contribution in [2.45, 2.75) is 19.4 Å². The molecule has 0 radical (unpaired) electrons. The Bertz CT molecular complexity index is 1620. The van der Waals surface area contributed by atoms with Gasteiger partial charge >= 0.3 is 5.97 Å². The molecule has 2 aliphatic rings. The van der Waals surface area contributed by atoms with Gasteiger partial charge in [0.15, 0.2) is 11.5 Å². The molecule has 0 saturated carbocycles. The number of thiocarbonyl (C=S) groups is 1. The maximum atomic E-state index is 13.6. The molecule has 3 aromatic carbocycles. The Kier molecular flexibility index (Phi) is 12.9. The van der Waals surface area contributed by atoms with E-state index in [0.29, 0.717) is 58.2 Å². The summed E-state index contributed by atoms with van der Waals surface area (Å²) < 4.78 is 28.8. The highest BCUT2D eigenvalue weighted by atomic mass is 32.2. The Morgan fingerprint density at radius 1 is 0.917 bits per heavy atom. The largest absolute Gasteiger partial charge is 0.493 e. The minimum Gasteiger partial charge on any atom is -0.493 e. The number of hydrogen-bond donors (Lipinski definition) is 1. The minimum absolute atomic E-state index is 0.118. The number of benzene rings is 3. The second kappa shape index (κ2) is 17.5. The lowest BCUT2D eigenvalue weighted by Crippen LogP contribution is -2.38. The number of nitrogens with zero attached hydrogens (tertiary/aromatic N) is 2. The van der Waals surface area contributed by atoms with Crippen LogP contribution in [0.15, 0.2) is 65.6 Å². The van der Waals surface area contributed by atoms with Crippen LogP contribution in [0.3, 0.4) is 0 Å². The van der Waals surface area contributed by atoms with Gasteiger partial charge in [-0.1, -0.05) is 60.4 Å². The van der Waals surface area contributed by atoms with Gasteiger partial charge in [-0.15, -0.1) is 0 Å². The Balaban J connectivity index is 1.28. The number of ether oxygens (including phenoxy) is 5. The van der Waals surface area contributed by atoms with E-state index in [2.05, 4.69) is 17.0 Å². The second-order valence-electron chi connectivity index (χ2n) is 11.3. The molecule has 254 valence electrons. The zero-order valence-corrected chi connectivity index (χ0v) is 28.8. The maximum absolute atomic E-state index is 13.6. The van der Waals surface area contributed by atoms with E-state index in [4.69, 9.17) is 41.0 Å². The number of carboxylic acids is 1. The predicted octanol–water partition coefficient (Wildman–Crippen LogP) is 5.52. The summed E-state index contributed by atoms with van der Waals surface area (Å²) in [5, 5.41) is 9.13. The van der Waals surface area contributed by atoms with E-state index in [-0.39, 0.29) is 18.9 Å². The lowest BCUT2D eigenvalue weighted by molar-refractivity contribution is -0.136. The van der Waals surface area contributed by atoms with Crippen LogP contribution >= 0.6 is 24.0 Å². The van der Waals surface area contributed by atoms with Crippen molar-refractivity contribution in [2.75, 3.05) is 66.8 Å². The van der Waals surface area contributed by atoms with Crippen molar-refractivity contribution in [3.05, 3.63) is 82.3 Å². The second-order valence-corrected chi connectivity index (χ2v) is 13.0. The summed E-state index contributed by atoms with van der Waals surface area (Å²) in [6, 6.07) is 19.3. The number of thioether (sulfide) groups is 1. The van der Waals surface area contributed by atoms with Crippen LogP contribution in [0.4, 0.5) is 0 Å². The molecule has 0 unspecified atom stereocenters. The van der Waals surface area contributed by atoms with Gasteiger partial charge in [0.05, 0.1) is 44.9 Å². The summed E-state index contributed by atoms with van der Waals surface area (Å²) in [4.78, 5) is 29.1. The summed E-state index contributed by atoms with van der Waals surface area (Å²) in [5.41, 5.74) is 4.54. The topological polar surface area (TPSA) is 107 Å². The molecule has 0 aliphatic carbocycles. The van der Waals surface area contributed by atoms with Gasteiger partial charge in [-0.2, -0.15) is 0 Å². The van der Waals surface area contributed by atoms with Gasteiger partial charge in [-0.25, -0.2) is 0 Å². The first-order valence-electron chi connectivity index (χ1n) is 15.8. The van der Waals surface area contributed by atoms with Crippen molar-refractivity contribution in [2.24, 2.45) is 0 Å². The summed E-state index contributed by atoms with van der Waals surface area (Å²) in [7, 11) is 3.21. The van der Waals surface area contributed by atoms with Crippen LogP contribution in [0.1, 0.15) is 23.1 Å².